The van der Waals surface area contributed by atoms with Gasteiger partial charge < -0.3 is 20.5 Å². The van der Waals surface area contributed by atoms with Crippen molar-refractivity contribution in [2.45, 2.75) is 13.8 Å². The van der Waals surface area contributed by atoms with Gasteiger partial charge in [0.1, 0.15) is 29.2 Å². The van der Waals surface area contributed by atoms with Crippen LogP contribution in [-0.4, -0.2) is 55.9 Å². The number of hydrogen-bond donors (Lipinski definition) is 2. The standard InChI is InChI=1S/C20H21N7O2/c1-11-3-4-13(28)12(2)17(11)27-19-15(18(21)23-10-24-19)16-20(27)22-9-14(25-16)26-5-7-29-8-6-26/h3-4,9-10,28H,5-8H2,1-2H3,(H2,21,23,24). The molecule has 1 aliphatic heterocycles. The summed E-state index contributed by atoms with van der Waals surface area (Å²) in [5.74, 6) is 1.33. The van der Waals surface area contributed by atoms with E-state index in [0.717, 1.165) is 35.7 Å². The number of anilines is 2. The molecule has 0 atom stereocenters. The van der Waals surface area contributed by atoms with E-state index in [1.807, 2.05) is 24.5 Å². The number of nitrogens with zero attached hydrogens (tertiary/aromatic N) is 6. The van der Waals surface area contributed by atoms with Gasteiger partial charge in [-0.05, 0) is 25.5 Å². The van der Waals surface area contributed by atoms with E-state index in [-0.39, 0.29) is 5.75 Å². The smallest absolute Gasteiger partial charge is 0.166 e. The molecular weight excluding hydrogens is 370 g/mol. The van der Waals surface area contributed by atoms with Crippen molar-refractivity contribution in [1.82, 2.24) is 24.5 Å². The number of hydrogen-bond acceptors (Lipinski definition) is 8. The first-order valence-electron chi connectivity index (χ1n) is 9.46. The molecular formula is C20H21N7O2. The first-order chi connectivity index (χ1) is 14.1. The zero-order valence-corrected chi connectivity index (χ0v) is 16.3. The van der Waals surface area contributed by atoms with Crippen molar-refractivity contribution in [3.8, 4) is 11.4 Å². The minimum Gasteiger partial charge on any atom is -0.508 e. The summed E-state index contributed by atoms with van der Waals surface area (Å²) in [7, 11) is 0. The number of aryl methyl sites for hydroxylation is 1. The highest BCUT2D eigenvalue weighted by molar-refractivity contribution is 6.09. The van der Waals surface area contributed by atoms with Gasteiger partial charge in [-0.2, -0.15) is 0 Å². The summed E-state index contributed by atoms with van der Waals surface area (Å²) in [6.07, 6.45) is 3.20. The van der Waals surface area contributed by atoms with Gasteiger partial charge in [-0.3, -0.25) is 4.57 Å². The van der Waals surface area contributed by atoms with Crippen LogP contribution in [-0.2, 0) is 4.74 Å². The number of morpholine rings is 1. The zero-order valence-electron chi connectivity index (χ0n) is 16.3. The van der Waals surface area contributed by atoms with Crippen LogP contribution in [0.5, 0.6) is 5.75 Å². The Morgan fingerprint density at radius 1 is 1.07 bits per heavy atom. The van der Waals surface area contributed by atoms with E-state index < -0.39 is 0 Å². The molecule has 0 saturated carbocycles. The molecule has 148 valence electrons. The number of ether oxygens (including phenoxy) is 1. The summed E-state index contributed by atoms with van der Waals surface area (Å²) in [4.78, 5) is 20.4. The molecule has 0 radical (unpaired) electrons. The molecule has 4 aromatic rings. The van der Waals surface area contributed by atoms with Crippen LogP contribution in [0.3, 0.4) is 0 Å². The lowest BCUT2D eigenvalue weighted by molar-refractivity contribution is 0.122. The van der Waals surface area contributed by atoms with Crippen LogP contribution >= 0.6 is 0 Å². The molecule has 0 amide bonds. The predicted octanol–water partition coefficient (Wildman–Crippen LogP) is 2.10. The van der Waals surface area contributed by atoms with Gasteiger partial charge in [-0.1, -0.05) is 6.07 Å². The molecule has 5 rings (SSSR count). The Balaban J connectivity index is 1.85. The molecule has 0 unspecified atom stereocenters. The molecule has 0 spiro atoms. The van der Waals surface area contributed by atoms with Crippen molar-refractivity contribution < 1.29 is 9.84 Å². The number of aromatic nitrogens is 5. The van der Waals surface area contributed by atoms with Crippen molar-refractivity contribution in [3.05, 3.63) is 35.8 Å². The maximum Gasteiger partial charge on any atom is 0.166 e. The monoisotopic (exact) mass is 391 g/mol. The van der Waals surface area contributed by atoms with Crippen LogP contribution in [0.25, 0.3) is 27.9 Å². The van der Waals surface area contributed by atoms with Gasteiger partial charge in [0.05, 0.1) is 30.5 Å². The molecule has 3 aromatic heterocycles. The van der Waals surface area contributed by atoms with Crippen LogP contribution < -0.4 is 10.6 Å². The number of nitrogens with two attached hydrogens (primary N) is 1. The van der Waals surface area contributed by atoms with Gasteiger partial charge in [-0.25, -0.2) is 19.9 Å². The van der Waals surface area contributed by atoms with Crippen molar-refractivity contribution in [2.75, 3.05) is 36.9 Å². The lowest BCUT2D eigenvalue weighted by atomic mass is 10.1. The Morgan fingerprint density at radius 3 is 2.66 bits per heavy atom. The predicted molar refractivity (Wildman–Crippen MR) is 111 cm³/mol. The first kappa shape index (κ1) is 17.6. The Bertz CT molecular complexity index is 1250. The highest BCUT2D eigenvalue weighted by Crippen LogP contribution is 2.36. The van der Waals surface area contributed by atoms with Crippen molar-refractivity contribution in [1.29, 1.82) is 0 Å². The van der Waals surface area contributed by atoms with Crippen molar-refractivity contribution in [2.24, 2.45) is 0 Å². The van der Waals surface area contributed by atoms with Gasteiger partial charge in [0, 0.05) is 18.7 Å². The van der Waals surface area contributed by atoms with E-state index in [2.05, 4.69) is 14.9 Å². The Hall–Kier alpha value is -3.46. The molecule has 3 N–H and O–H groups in total. The van der Waals surface area contributed by atoms with Crippen LogP contribution in [0.1, 0.15) is 11.1 Å². The minimum absolute atomic E-state index is 0.209. The van der Waals surface area contributed by atoms with Crippen LogP contribution in [0.4, 0.5) is 11.6 Å². The van der Waals surface area contributed by atoms with Crippen LogP contribution in [0, 0.1) is 13.8 Å². The van der Waals surface area contributed by atoms with E-state index in [0.29, 0.717) is 41.2 Å². The third-order valence-electron chi connectivity index (χ3n) is 5.42. The summed E-state index contributed by atoms with van der Waals surface area (Å²) in [5, 5.41) is 11.0. The molecule has 1 saturated heterocycles. The van der Waals surface area contributed by atoms with E-state index in [4.69, 9.17) is 20.4 Å². The fourth-order valence-corrected chi connectivity index (χ4v) is 3.92. The molecule has 9 heteroatoms. The fraction of sp³-hybridized carbons (Fsp3) is 0.300. The third-order valence-corrected chi connectivity index (χ3v) is 5.42. The van der Waals surface area contributed by atoms with Gasteiger partial charge in [0.2, 0.25) is 0 Å². The van der Waals surface area contributed by atoms with Crippen molar-refractivity contribution in [3.63, 3.8) is 0 Å². The molecule has 9 nitrogen and oxygen atoms in total. The lowest BCUT2D eigenvalue weighted by Gasteiger charge is -2.27. The normalized spacial score (nSPS) is 14.8. The van der Waals surface area contributed by atoms with E-state index in [9.17, 15) is 5.11 Å². The van der Waals surface area contributed by atoms with Crippen LogP contribution in [0.2, 0.25) is 0 Å². The third kappa shape index (κ3) is 2.65. The molecule has 4 heterocycles. The Kier molecular flexibility index (Phi) is 3.99. The molecule has 0 bridgehead atoms. The fourth-order valence-electron chi connectivity index (χ4n) is 3.92. The number of phenols is 1. The quantitative estimate of drug-likeness (QED) is 0.534. The number of aromatic hydroxyl groups is 1. The van der Waals surface area contributed by atoms with E-state index in [1.54, 1.807) is 12.3 Å². The van der Waals surface area contributed by atoms with Gasteiger partial charge >= 0.3 is 0 Å². The molecule has 29 heavy (non-hydrogen) atoms. The number of nitrogen functional groups attached to an aromatic ring is 1. The summed E-state index contributed by atoms with van der Waals surface area (Å²) < 4.78 is 7.35. The maximum absolute atomic E-state index is 10.3. The van der Waals surface area contributed by atoms with Crippen molar-refractivity contribution >= 4 is 33.8 Å². The Labute approximate surface area is 166 Å². The second kappa shape index (κ2) is 6.56. The highest BCUT2D eigenvalue weighted by atomic mass is 16.5. The molecule has 1 aromatic carbocycles. The van der Waals surface area contributed by atoms with Gasteiger partial charge in [0.25, 0.3) is 0 Å². The van der Waals surface area contributed by atoms with Gasteiger partial charge in [0.15, 0.2) is 11.3 Å². The molecule has 0 aliphatic carbocycles. The highest BCUT2D eigenvalue weighted by Gasteiger charge is 2.23. The molecule has 1 fully saturated rings. The SMILES string of the molecule is Cc1ccc(O)c(C)c1-n1c2ncc(N3CCOCC3)nc2c2c(N)ncnc21. The summed E-state index contributed by atoms with van der Waals surface area (Å²) >= 11 is 0. The molecule has 1 aliphatic rings. The summed E-state index contributed by atoms with van der Waals surface area (Å²) in [6, 6.07) is 3.56. The Morgan fingerprint density at radius 2 is 1.86 bits per heavy atom. The average Bonchev–Trinajstić information content (AvgIpc) is 3.07. The first-order valence-corrected chi connectivity index (χ1v) is 9.46. The maximum atomic E-state index is 10.3. The zero-order chi connectivity index (χ0) is 20.1. The minimum atomic E-state index is 0.209. The number of benzene rings is 1. The summed E-state index contributed by atoms with van der Waals surface area (Å²) in [5.41, 5.74) is 10.7. The number of rotatable bonds is 2. The largest absolute Gasteiger partial charge is 0.508 e. The second-order valence-electron chi connectivity index (χ2n) is 7.17. The number of fused-ring (bicyclic) bond motifs is 3. The van der Waals surface area contributed by atoms with E-state index in [1.165, 1.54) is 6.33 Å². The topological polar surface area (TPSA) is 115 Å². The van der Waals surface area contributed by atoms with E-state index >= 15 is 0 Å². The lowest BCUT2D eigenvalue weighted by Crippen LogP contribution is -2.36. The summed E-state index contributed by atoms with van der Waals surface area (Å²) in [6.45, 7) is 6.70. The van der Waals surface area contributed by atoms with Gasteiger partial charge in [-0.15, -0.1) is 0 Å². The second-order valence-corrected chi connectivity index (χ2v) is 7.17. The average molecular weight is 391 g/mol. The van der Waals surface area contributed by atoms with Crippen LogP contribution in [0.15, 0.2) is 24.7 Å². The number of phenolic OH excluding ortho intramolecular Hbond substituents is 1.